The van der Waals surface area contributed by atoms with Crippen LogP contribution < -0.4 is 9.47 Å². The fourth-order valence-corrected chi connectivity index (χ4v) is 4.59. The van der Waals surface area contributed by atoms with Crippen molar-refractivity contribution < 1.29 is 9.47 Å². The number of nitrogens with zero attached hydrogens (tertiary/aromatic N) is 1. The summed E-state index contributed by atoms with van der Waals surface area (Å²) in [5.41, 5.74) is 2.48. The molecule has 0 fully saturated rings. The summed E-state index contributed by atoms with van der Waals surface area (Å²) < 4.78 is 11.3. The van der Waals surface area contributed by atoms with E-state index in [1.165, 1.54) is 16.0 Å². The van der Waals surface area contributed by atoms with Crippen LogP contribution in [0, 0.1) is 0 Å². The maximum Gasteiger partial charge on any atom is 0.180 e. The van der Waals surface area contributed by atoms with E-state index in [2.05, 4.69) is 36.2 Å². The second-order valence-electron chi connectivity index (χ2n) is 5.89. The summed E-state index contributed by atoms with van der Waals surface area (Å²) in [6, 6.07) is 10.4. The maximum atomic E-state index is 6.67. The fraction of sp³-hybridized carbons (Fsp3) is 0.368. The Morgan fingerprint density at radius 2 is 1.58 bits per heavy atom. The van der Waals surface area contributed by atoms with Crippen molar-refractivity contribution in [2.75, 3.05) is 34.4 Å². The largest absolute Gasteiger partial charge is 0.492 e. The molecule has 1 aliphatic heterocycles. The first-order valence-corrected chi connectivity index (χ1v) is 9.21. The van der Waals surface area contributed by atoms with Crippen molar-refractivity contribution in [3.05, 3.63) is 46.5 Å². The zero-order valence-electron chi connectivity index (χ0n) is 14.3. The van der Waals surface area contributed by atoms with Gasteiger partial charge in [0.2, 0.25) is 0 Å². The second-order valence-corrected chi connectivity index (χ2v) is 7.35. The zero-order chi connectivity index (χ0) is 17.1. The van der Waals surface area contributed by atoms with Gasteiger partial charge in [-0.3, -0.25) is 0 Å². The molecule has 2 aromatic carbocycles. The molecule has 2 aromatic rings. The van der Waals surface area contributed by atoms with Crippen molar-refractivity contribution >= 4 is 23.4 Å². The van der Waals surface area contributed by atoms with Crippen molar-refractivity contribution in [1.29, 1.82) is 0 Å². The van der Waals surface area contributed by atoms with Crippen LogP contribution in [0.1, 0.15) is 11.1 Å². The lowest BCUT2D eigenvalue weighted by molar-refractivity contribution is 0.346. The Morgan fingerprint density at radius 1 is 0.958 bits per heavy atom. The van der Waals surface area contributed by atoms with Crippen LogP contribution in [0.3, 0.4) is 0 Å². The highest BCUT2D eigenvalue weighted by molar-refractivity contribution is 7.99. The molecule has 0 spiro atoms. The number of methoxy groups -OCH3 is 2. The molecule has 5 heteroatoms. The first-order valence-electron chi connectivity index (χ1n) is 8.02. The monoisotopic (exact) mass is 363 g/mol. The van der Waals surface area contributed by atoms with Gasteiger partial charge in [0, 0.05) is 18.0 Å². The van der Waals surface area contributed by atoms with Crippen molar-refractivity contribution in [2.45, 2.75) is 22.6 Å². The lowest BCUT2D eigenvalue weighted by atomic mass is 10.0. The fourth-order valence-electron chi connectivity index (χ4n) is 3.07. The number of halogens is 1. The predicted molar refractivity (Wildman–Crippen MR) is 100 cm³/mol. The molecule has 0 amide bonds. The van der Waals surface area contributed by atoms with Gasteiger partial charge in [-0.25, -0.2) is 0 Å². The van der Waals surface area contributed by atoms with Gasteiger partial charge in [-0.2, -0.15) is 0 Å². The third-order valence-corrected chi connectivity index (χ3v) is 5.92. The molecule has 1 heterocycles. The zero-order valence-corrected chi connectivity index (χ0v) is 15.8. The molecule has 3 nitrogen and oxygen atoms in total. The van der Waals surface area contributed by atoms with Crippen molar-refractivity contribution in [3.63, 3.8) is 0 Å². The second kappa shape index (κ2) is 7.68. The van der Waals surface area contributed by atoms with Crippen molar-refractivity contribution in [2.24, 2.45) is 0 Å². The SMILES string of the molecule is COc1c(Cl)c2c(c(Sc3ccccc3)c1OC)CCN(C)CC2. The van der Waals surface area contributed by atoms with E-state index in [9.17, 15) is 0 Å². The Balaban J connectivity index is 2.17. The smallest absolute Gasteiger partial charge is 0.180 e. The van der Waals surface area contributed by atoms with Gasteiger partial charge in [0.05, 0.1) is 24.1 Å². The van der Waals surface area contributed by atoms with E-state index in [1.807, 2.05) is 6.07 Å². The van der Waals surface area contributed by atoms with E-state index in [0.717, 1.165) is 36.6 Å². The average molecular weight is 364 g/mol. The van der Waals surface area contributed by atoms with Gasteiger partial charge < -0.3 is 14.4 Å². The lowest BCUT2D eigenvalue weighted by Crippen LogP contribution is -2.20. The number of likely N-dealkylation sites (N-methyl/N-ethyl adjacent to an activating group) is 1. The molecule has 0 aliphatic carbocycles. The molecule has 0 radical (unpaired) electrons. The molecule has 0 saturated carbocycles. The molecule has 24 heavy (non-hydrogen) atoms. The number of rotatable bonds is 4. The Morgan fingerprint density at radius 3 is 2.21 bits per heavy atom. The normalized spacial score (nSPS) is 14.8. The molecule has 0 atom stereocenters. The number of hydrogen-bond donors (Lipinski definition) is 0. The van der Waals surface area contributed by atoms with Crippen LogP contribution in [0.2, 0.25) is 5.02 Å². The Kier molecular flexibility index (Phi) is 5.59. The third-order valence-electron chi connectivity index (χ3n) is 4.37. The molecule has 128 valence electrons. The summed E-state index contributed by atoms with van der Waals surface area (Å²) in [4.78, 5) is 4.64. The highest BCUT2D eigenvalue weighted by Crippen LogP contribution is 2.49. The van der Waals surface area contributed by atoms with E-state index in [4.69, 9.17) is 21.1 Å². The van der Waals surface area contributed by atoms with E-state index < -0.39 is 0 Å². The lowest BCUT2D eigenvalue weighted by Gasteiger charge is -2.21. The Labute approximate surface area is 152 Å². The Bertz CT molecular complexity index is 721. The topological polar surface area (TPSA) is 21.7 Å². The van der Waals surface area contributed by atoms with Gasteiger partial charge in [0.15, 0.2) is 11.5 Å². The van der Waals surface area contributed by atoms with Gasteiger partial charge in [-0.1, -0.05) is 41.6 Å². The molecule has 0 unspecified atom stereocenters. The number of ether oxygens (including phenoxy) is 2. The van der Waals surface area contributed by atoms with Gasteiger partial charge in [-0.15, -0.1) is 0 Å². The molecule has 0 N–H and O–H groups in total. The quantitative estimate of drug-likeness (QED) is 0.795. The van der Waals surface area contributed by atoms with Gasteiger partial charge in [0.1, 0.15) is 0 Å². The molecular formula is C19H22ClNO2S. The summed E-state index contributed by atoms with van der Waals surface area (Å²) in [5.74, 6) is 1.38. The summed E-state index contributed by atoms with van der Waals surface area (Å²) in [7, 11) is 5.48. The average Bonchev–Trinajstić information content (AvgIpc) is 2.80. The minimum Gasteiger partial charge on any atom is -0.492 e. The van der Waals surface area contributed by atoms with Crippen LogP contribution in [-0.2, 0) is 12.8 Å². The number of hydrogen-bond acceptors (Lipinski definition) is 4. The molecule has 1 aliphatic rings. The molecule has 3 rings (SSSR count). The number of benzene rings is 2. The predicted octanol–water partition coefficient (Wildman–Crippen LogP) is 4.54. The van der Waals surface area contributed by atoms with Crippen LogP contribution in [0.15, 0.2) is 40.1 Å². The van der Waals surface area contributed by atoms with Crippen LogP contribution in [0.5, 0.6) is 11.5 Å². The van der Waals surface area contributed by atoms with E-state index >= 15 is 0 Å². The minimum absolute atomic E-state index is 0.640. The van der Waals surface area contributed by atoms with Gasteiger partial charge in [-0.05, 0) is 43.1 Å². The summed E-state index contributed by atoms with van der Waals surface area (Å²) in [6.07, 6.45) is 1.88. The summed E-state index contributed by atoms with van der Waals surface area (Å²) >= 11 is 8.39. The van der Waals surface area contributed by atoms with Gasteiger partial charge >= 0.3 is 0 Å². The maximum absolute atomic E-state index is 6.67. The summed E-state index contributed by atoms with van der Waals surface area (Å²) in [5, 5.41) is 0.692. The first kappa shape index (κ1) is 17.5. The molecule has 0 aromatic heterocycles. The van der Waals surface area contributed by atoms with E-state index in [1.54, 1.807) is 26.0 Å². The highest BCUT2D eigenvalue weighted by atomic mass is 35.5. The standard InChI is InChI=1S/C19H22ClNO2S/c1-21-11-9-14-15(10-12-21)19(24-13-7-5-4-6-8-13)18(23-3)17(22-2)16(14)20/h4-8H,9-12H2,1-3H3. The number of fused-ring (bicyclic) bond motifs is 1. The summed E-state index contributed by atoms with van der Waals surface area (Å²) in [6.45, 7) is 2.01. The van der Waals surface area contributed by atoms with E-state index in [-0.39, 0.29) is 0 Å². The highest BCUT2D eigenvalue weighted by Gasteiger charge is 2.26. The van der Waals surface area contributed by atoms with Crippen molar-refractivity contribution in [1.82, 2.24) is 4.90 Å². The van der Waals surface area contributed by atoms with Crippen molar-refractivity contribution in [3.8, 4) is 11.5 Å². The Hall–Kier alpha value is -1.36. The minimum atomic E-state index is 0.640. The van der Waals surface area contributed by atoms with Crippen LogP contribution >= 0.6 is 23.4 Å². The van der Waals surface area contributed by atoms with Crippen LogP contribution in [-0.4, -0.2) is 39.3 Å². The third kappa shape index (κ3) is 3.37. The van der Waals surface area contributed by atoms with Gasteiger partial charge in [0.25, 0.3) is 0 Å². The first-order chi connectivity index (χ1) is 11.7. The van der Waals surface area contributed by atoms with E-state index in [0.29, 0.717) is 10.8 Å². The molecule has 0 bridgehead atoms. The molecule has 0 saturated heterocycles. The van der Waals surface area contributed by atoms with Crippen LogP contribution in [0.4, 0.5) is 0 Å². The molecular weight excluding hydrogens is 342 g/mol. The van der Waals surface area contributed by atoms with Crippen LogP contribution in [0.25, 0.3) is 0 Å².